The van der Waals surface area contributed by atoms with Gasteiger partial charge in [0.1, 0.15) is 18.3 Å². The maximum Gasteiger partial charge on any atom is 0.244 e. The van der Waals surface area contributed by atoms with Crippen molar-refractivity contribution in [3.8, 4) is 5.75 Å². The number of hydrogen-bond donors (Lipinski definition) is 1. The topological polar surface area (TPSA) is 96.0 Å². The number of hydrogen-bond acceptors (Lipinski definition) is 5. The molecular formula is C32H41N3O5S. The Morgan fingerprint density at radius 3 is 2.20 bits per heavy atom. The van der Waals surface area contributed by atoms with Crippen LogP contribution in [0.5, 0.6) is 5.75 Å². The number of carbonyl (C=O) groups is 2. The zero-order chi connectivity index (χ0) is 29.8. The van der Waals surface area contributed by atoms with E-state index in [2.05, 4.69) is 5.32 Å². The highest BCUT2D eigenvalue weighted by molar-refractivity contribution is 7.92. The first-order valence-corrected chi connectivity index (χ1v) is 15.8. The van der Waals surface area contributed by atoms with Crippen molar-refractivity contribution in [1.82, 2.24) is 10.2 Å². The molecule has 2 amide bonds. The average Bonchev–Trinajstić information content (AvgIpc) is 2.95. The molecule has 220 valence electrons. The van der Waals surface area contributed by atoms with Gasteiger partial charge in [-0.1, -0.05) is 85.6 Å². The Hall–Kier alpha value is -3.85. The maximum atomic E-state index is 14.2. The molecule has 0 aliphatic heterocycles. The summed E-state index contributed by atoms with van der Waals surface area (Å²) in [6.07, 6.45) is 3.07. The van der Waals surface area contributed by atoms with Crippen molar-refractivity contribution in [2.24, 2.45) is 0 Å². The predicted octanol–water partition coefficient (Wildman–Crippen LogP) is 4.72. The third kappa shape index (κ3) is 9.35. The number of nitrogens with zero attached hydrogens (tertiary/aromatic N) is 2. The number of anilines is 1. The molecule has 0 aliphatic rings. The minimum absolute atomic E-state index is 0.141. The van der Waals surface area contributed by atoms with Gasteiger partial charge in [-0.25, -0.2) is 8.42 Å². The lowest BCUT2D eigenvalue weighted by Crippen LogP contribution is -2.53. The minimum Gasteiger partial charge on any atom is -0.492 e. The van der Waals surface area contributed by atoms with Crippen LogP contribution in [0.1, 0.15) is 43.4 Å². The van der Waals surface area contributed by atoms with Crippen molar-refractivity contribution < 1.29 is 22.7 Å². The molecule has 0 unspecified atom stereocenters. The molecule has 0 fully saturated rings. The Morgan fingerprint density at radius 1 is 0.902 bits per heavy atom. The first kappa shape index (κ1) is 31.7. The van der Waals surface area contributed by atoms with Gasteiger partial charge in [-0.15, -0.1) is 0 Å². The summed E-state index contributed by atoms with van der Waals surface area (Å²) < 4.78 is 32.8. The third-order valence-corrected chi connectivity index (χ3v) is 7.81. The van der Waals surface area contributed by atoms with Crippen LogP contribution < -0.4 is 14.4 Å². The Bertz CT molecular complexity index is 1380. The van der Waals surface area contributed by atoms with Crippen LogP contribution >= 0.6 is 0 Å². The molecular weight excluding hydrogens is 538 g/mol. The van der Waals surface area contributed by atoms with Gasteiger partial charge in [0.05, 0.1) is 18.6 Å². The number of sulfonamides is 1. The maximum absolute atomic E-state index is 14.2. The van der Waals surface area contributed by atoms with Crippen molar-refractivity contribution in [1.29, 1.82) is 0 Å². The van der Waals surface area contributed by atoms with E-state index in [0.717, 1.165) is 40.1 Å². The van der Waals surface area contributed by atoms with E-state index in [9.17, 15) is 18.0 Å². The van der Waals surface area contributed by atoms with Crippen LogP contribution in [-0.4, -0.2) is 57.1 Å². The average molecular weight is 580 g/mol. The summed E-state index contributed by atoms with van der Waals surface area (Å²) in [6, 6.07) is 23.1. The fraction of sp³-hybridized carbons (Fsp3) is 0.375. The van der Waals surface area contributed by atoms with Crippen LogP contribution in [0.15, 0.2) is 78.9 Å². The molecule has 0 spiro atoms. The molecule has 3 rings (SSSR count). The summed E-state index contributed by atoms with van der Waals surface area (Å²) in [6.45, 7) is 6.31. The van der Waals surface area contributed by atoms with E-state index in [0.29, 0.717) is 18.9 Å². The Labute approximate surface area is 244 Å². The van der Waals surface area contributed by atoms with Crippen LogP contribution in [0.3, 0.4) is 0 Å². The first-order chi connectivity index (χ1) is 19.6. The molecule has 8 nitrogen and oxygen atoms in total. The Kier molecular flexibility index (Phi) is 11.8. The number of benzene rings is 3. The van der Waals surface area contributed by atoms with E-state index in [-0.39, 0.29) is 24.6 Å². The highest BCUT2D eigenvalue weighted by Crippen LogP contribution is 2.30. The number of ether oxygens (including phenoxy) is 1. The van der Waals surface area contributed by atoms with E-state index in [4.69, 9.17) is 4.74 Å². The number of para-hydroxylation sites is 2. The van der Waals surface area contributed by atoms with Gasteiger partial charge < -0.3 is 15.0 Å². The van der Waals surface area contributed by atoms with Crippen molar-refractivity contribution >= 4 is 27.5 Å². The molecule has 0 heterocycles. The molecule has 0 radical (unpaired) electrons. The Morgan fingerprint density at radius 2 is 1.56 bits per heavy atom. The van der Waals surface area contributed by atoms with Crippen LogP contribution in [0, 0.1) is 6.92 Å². The van der Waals surface area contributed by atoms with E-state index in [1.165, 1.54) is 4.90 Å². The first-order valence-electron chi connectivity index (χ1n) is 14.0. The van der Waals surface area contributed by atoms with Gasteiger partial charge in [-0.05, 0) is 43.5 Å². The molecule has 0 aliphatic carbocycles. The molecule has 41 heavy (non-hydrogen) atoms. The van der Waals surface area contributed by atoms with Crippen LogP contribution in [0.4, 0.5) is 5.69 Å². The SMILES string of the molecule is CCCCNC(=O)[C@H](Cc1ccccc1)N(Cc1ccc(C)cc1)C(=O)CN(c1ccccc1OCC)S(C)(=O)=O. The van der Waals surface area contributed by atoms with E-state index in [1.807, 2.05) is 68.4 Å². The zero-order valence-electron chi connectivity index (χ0n) is 24.4. The van der Waals surface area contributed by atoms with Crippen molar-refractivity contribution in [3.05, 3.63) is 95.6 Å². The second kappa shape index (κ2) is 15.2. The monoisotopic (exact) mass is 579 g/mol. The van der Waals surface area contributed by atoms with Gasteiger partial charge in [0.25, 0.3) is 0 Å². The summed E-state index contributed by atoms with van der Waals surface area (Å²) in [7, 11) is -3.88. The number of carbonyl (C=O) groups excluding carboxylic acids is 2. The summed E-state index contributed by atoms with van der Waals surface area (Å²) >= 11 is 0. The zero-order valence-corrected chi connectivity index (χ0v) is 25.2. The standard InChI is InChI=1S/C32H41N3O5S/c1-5-7-21-33-32(37)29(22-26-13-9-8-10-14-26)34(23-27-19-17-25(3)18-20-27)31(36)24-35(41(4,38)39)28-15-11-12-16-30(28)40-6-2/h8-20,29H,5-7,21-24H2,1-4H3,(H,33,37)/t29-/m0/s1. The van der Waals surface area contributed by atoms with E-state index in [1.54, 1.807) is 31.2 Å². The second-order valence-corrected chi connectivity index (χ2v) is 11.9. The van der Waals surface area contributed by atoms with E-state index < -0.39 is 28.5 Å². The molecule has 3 aromatic rings. The lowest BCUT2D eigenvalue weighted by atomic mass is 10.0. The normalized spacial score (nSPS) is 11.9. The highest BCUT2D eigenvalue weighted by Gasteiger charge is 2.33. The molecule has 1 N–H and O–H groups in total. The third-order valence-electron chi connectivity index (χ3n) is 6.69. The fourth-order valence-corrected chi connectivity index (χ4v) is 5.34. The summed E-state index contributed by atoms with van der Waals surface area (Å²) in [5.41, 5.74) is 3.07. The molecule has 9 heteroatoms. The Balaban J connectivity index is 2.05. The van der Waals surface area contributed by atoms with Crippen LogP contribution in [0.2, 0.25) is 0 Å². The number of aryl methyl sites for hydroxylation is 1. The van der Waals surface area contributed by atoms with Crippen molar-refractivity contribution in [3.63, 3.8) is 0 Å². The van der Waals surface area contributed by atoms with E-state index >= 15 is 0 Å². The quantitative estimate of drug-likeness (QED) is 0.263. The minimum atomic E-state index is -3.88. The molecule has 1 atom stereocenters. The number of rotatable bonds is 15. The van der Waals surface area contributed by atoms with Crippen molar-refractivity contribution in [2.45, 2.75) is 52.6 Å². The molecule has 0 saturated heterocycles. The highest BCUT2D eigenvalue weighted by atomic mass is 32.2. The lowest BCUT2D eigenvalue weighted by molar-refractivity contribution is -0.140. The smallest absolute Gasteiger partial charge is 0.244 e. The van der Waals surface area contributed by atoms with Gasteiger partial charge in [0.2, 0.25) is 21.8 Å². The molecule has 0 aromatic heterocycles. The summed E-state index contributed by atoms with van der Waals surface area (Å²) in [4.78, 5) is 29.3. The predicted molar refractivity (Wildman–Crippen MR) is 163 cm³/mol. The van der Waals surface area contributed by atoms with Gasteiger partial charge >= 0.3 is 0 Å². The van der Waals surface area contributed by atoms with Gasteiger partial charge in [0, 0.05) is 19.5 Å². The lowest BCUT2D eigenvalue weighted by Gasteiger charge is -2.33. The van der Waals surface area contributed by atoms with Crippen molar-refractivity contribution in [2.75, 3.05) is 30.3 Å². The summed E-state index contributed by atoms with van der Waals surface area (Å²) in [5.74, 6) is -0.409. The van der Waals surface area contributed by atoms with Crippen LogP contribution in [0.25, 0.3) is 0 Å². The number of amides is 2. The largest absolute Gasteiger partial charge is 0.492 e. The number of nitrogens with one attached hydrogen (secondary N) is 1. The molecule has 0 saturated carbocycles. The number of unbranched alkanes of at least 4 members (excludes halogenated alkanes) is 1. The molecule has 0 bridgehead atoms. The van der Waals surface area contributed by atoms with Crippen LogP contribution in [-0.2, 0) is 32.6 Å². The van der Waals surface area contributed by atoms with Gasteiger partial charge in [-0.2, -0.15) is 0 Å². The van der Waals surface area contributed by atoms with Gasteiger partial charge in [-0.3, -0.25) is 13.9 Å². The second-order valence-electron chi connectivity index (χ2n) is 10.0. The fourth-order valence-electron chi connectivity index (χ4n) is 4.49. The summed E-state index contributed by atoms with van der Waals surface area (Å²) in [5, 5.41) is 2.99. The molecule has 3 aromatic carbocycles. The van der Waals surface area contributed by atoms with Gasteiger partial charge in [0.15, 0.2) is 0 Å².